The average Bonchev–Trinajstić information content (AvgIpc) is 4.05. The first-order chi connectivity index (χ1) is 28.5. The van der Waals surface area contributed by atoms with Crippen LogP contribution in [-0.4, -0.2) is 95.1 Å². The topological polar surface area (TPSA) is 97.2 Å². The summed E-state index contributed by atoms with van der Waals surface area (Å²) >= 11 is 6.64. The number of hydrogen-bond donors (Lipinski definition) is 0. The van der Waals surface area contributed by atoms with Crippen LogP contribution in [0.2, 0.25) is 5.02 Å². The Morgan fingerprint density at radius 1 is 0.864 bits per heavy atom. The van der Waals surface area contributed by atoms with Crippen LogP contribution in [0.5, 0.6) is 0 Å². The average molecular weight is 826 g/mol. The van der Waals surface area contributed by atoms with Gasteiger partial charge in [-0.3, -0.25) is 14.4 Å². The fourth-order valence-electron chi connectivity index (χ4n) is 9.60. The summed E-state index contributed by atoms with van der Waals surface area (Å²) in [7, 11) is 0. The Kier molecular flexibility index (Phi) is 12.4. The van der Waals surface area contributed by atoms with Crippen molar-refractivity contribution in [1.82, 2.24) is 19.6 Å². The first-order valence-corrected chi connectivity index (χ1v) is 22.0. The molecule has 2 unspecified atom stereocenters. The van der Waals surface area contributed by atoms with Crippen molar-refractivity contribution < 1.29 is 23.5 Å². The molecule has 4 heterocycles. The number of aromatic nitrogens is 2. The maximum Gasteiger partial charge on any atom is 0.274 e. The van der Waals surface area contributed by atoms with Crippen LogP contribution in [0.4, 0.5) is 10.1 Å². The van der Waals surface area contributed by atoms with Gasteiger partial charge in [0.2, 0.25) is 5.91 Å². The van der Waals surface area contributed by atoms with E-state index in [-0.39, 0.29) is 34.5 Å². The lowest BCUT2D eigenvalue weighted by molar-refractivity contribution is -0.134. The van der Waals surface area contributed by atoms with Crippen molar-refractivity contribution in [2.75, 3.05) is 50.9 Å². The van der Waals surface area contributed by atoms with E-state index >= 15 is 4.39 Å². The molecule has 2 bridgehead atoms. The molecule has 2 atom stereocenters. The molecule has 3 aromatic carbocycles. The third-order valence-electron chi connectivity index (χ3n) is 13.0. The number of anilines is 1. The van der Waals surface area contributed by atoms with E-state index in [1.807, 2.05) is 23.1 Å². The molecule has 59 heavy (non-hydrogen) atoms. The van der Waals surface area contributed by atoms with Gasteiger partial charge in [0.1, 0.15) is 5.82 Å². The molecular formula is C47H57ClFN5O5. The summed E-state index contributed by atoms with van der Waals surface area (Å²) in [5.41, 5.74) is 4.69. The number of unbranched alkanes of at least 4 members (excludes halogenated alkanes) is 1. The quantitative estimate of drug-likeness (QED) is 0.113. The molecule has 4 aromatic rings. The van der Waals surface area contributed by atoms with Gasteiger partial charge in [0.25, 0.3) is 11.5 Å². The molecule has 1 aliphatic carbocycles. The molecule has 314 valence electrons. The number of benzene rings is 3. The second-order valence-electron chi connectivity index (χ2n) is 17.4. The first kappa shape index (κ1) is 41.4. The molecule has 1 aromatic heterocycles. The maximum atomic E-state index is 15.1. The Balaban J connectivity index is 0.802. The van der Waals surface area contributed by atoms with E-state index in [0.717, 1.165) is 60.1 Å². The first-order valence-electron chi connectivity index (χ1n) is 21.6. The SMILES string of the molecule is Cc1ccc(N2C3CCC2CC(C)(OCCCCOCCCn2nc(Cc4ccc(F)c(C(=O)N5CCN(C(=O)C6CC6)CC5)c4)c4ccccc4c2=O)C3)c(C)c1Cl. The molecule has 0 spiro atoms. The molecule has 3 aliphatic heterocycles. The molecule has 8 rings (SSSR count). The molecule has 0 N–H and O–H groups in total. The van der Waals surface area contributed by atoms with Crippen molar-refractivity contribution in [2.45, 2.75) is 109 Å². The van der Waals surface area contributed by atoms with Gasteiger partial charge in [-0.05, 0) is 120 Å². The Bertz CT molecular complexity index is 2240. The smallest absolute Gasteiger partial charge is 0.274 e. The van der Waals surface area contributed by atoms with Gasteiger partial charge in [-0.25, -0.2) is 9.07 Å². The highest BCUT2D eigenvalue weighted by molar-refractivity contribution is 6.32. The minimum absolute atomic E-state index is 0.00674. The monoisotopic (exact) mass is 825 g/mol. The Morgan fingerprint density at radius 2 is 1.54 bits per heavy atom. The normalized spacial score (nSPS) is 21.7. The molecule has 10 nitrogen and oxygen atoms in total. The van der Waals surface area contributed by atoms with Gasteiger partial charge < -0.3 is 24.2 Å². The molecular weight excluding hydrogens is 769 g/mol. The number of halogens is 2. The van der Waals surface area contributed by atoms with E-state index in [0.29, 0.717) is 88.5 Å². The molecule has 4 aliphatic rings. The molecule has 0 radical (unpaired) electrons. The number of carbonyl (C=O) groups excluding carboxylic acids is 2. The highest BCUT2D eigenvalue weighted by Crippen LogP contribution is 2.46. The zero-order valence-corrected chi connectivity index (χ0v) is 35.4. The van der Waals surface area contributed by atoms with Gasteiger partial charge in [-0.2, -0.15) is 5.10 Å². The number of rotatable bonds is 15. The van der Waals surface area contributed by atoms with E-state index < -0.39 is 5.82 Å². The summed E-state index contributed by atoms with van der Waals surface area (Å²) in [6, 6.07) is 17.3. The second-order valence-corrected chi connectivity index (χ2v) is 17.8. The van der Waals surface area contributed by atoms with Gasteiger partial charge in [-0.15, -0.1) is 0 Å². The number of ether oxygens (including phenoxy) is 2. The number of nitrogens with zero attached hydrogens (tertiary/aromatic N) is 5. The third-order valence-corrected chi connectivity index (χ3v) is 13.5. The van der Waals surface area contributed by atoms with Crippen molar-refractivity contribution in [3.8, 4) is 0 Å². The van der Waals surface area contributed by atoms with Gasteiger partial charge in [0, 0.05) is 93.1 Å². The zero-order valence-electron chi connectivity index (χ0n) is 34.7. The van der Waals surface area contributed by atoms with Gasteiger partial charge in [0.05, 0.1) is 22.2 Å². The van der Waals surface area contributed by atoms with Gasteiger partial charge in [-0.1, -0.05) is 41.9 Å². The van der Waals surface area contributed by atoms with Crippen molar-refractivity contribution in [3.63, 3.8) is 0 Å². The van der Waals surface area contributed by atoms with Crippen LogP contribution in [0, 0.1) is 25.6 Å². The number of hydrogen-bond acceptors (Lipinski definition) is 7. The van der Waals surface area contributed by atoms with E-state index in [2.05, 4.69) is 37.8 Å². The van der Waals surface area contributed by atoms with Crippen molar-refractivity contribution >= 4 is 39.9 Å². The second kappa shape index (κ2) is 17.7. The number of amides is 2. The standard InChI is InChI=1S/C47H57ClFN5O5/c1-31-11-18-42(32(2)43(31)48)54-35-15-16-36(54)30-47(3,29-35)59-26-7-6-24-58-25-8-19-53-46(57)38-10-5-4-9-37(38)41(50-53)28-33-12-17-40(49)39(27-33)45(56)52-22-20-51(21-23-52)44(55)34-13-14-34/h4-5,9-12,17-18,27,34-36H,6-8,13-16,19-26,28-30H2,1-3H3. The zero-order chi connectivity index (χ0) is 41.3. The Hall–Kier alpha value is -4.32. The van der Waals surface area contributed by atoms with Crippen molar-refractivity contribution in [2.24, 2.45) is 5.92 Å². The summed E-state index contributed by atoms with van der Waals surface area (Å²) in [5, 5.41) is 6.96. The van der Waals surface area contributed by atoms with E-state index in [1.54, 1.807) is 23.1 Å². The number of piperazine rings is 1. The summed E-state index contributed by atoms with van der Waals surface area (Å²) in [6.07, 6.45) is 9.05. The minimum atomic E-state index is -0.581. The molecule has 12 heteroatoms. The number of fused-ring (bicyclic) bond motifs is 3. The number of piperidine rings is 1. The minimum Gasteiger partial charge on any atom is -0.381 e. The number of carbonyl (C=O) groups is 2. The van der Waals surface area contributed by atoms with Crippen LogP contribution in [0.25, 0.3) is 10.8 Å². The third kappa shape index (κ3) is 9.08. The van der Waals surface area contributed by atoms with Crippen molar-refractivity contribution in [3.05, 3.63) is 104 Å². The van der Waals surface area contributed by atoms with Crippen LogP contribution in [-0.2, 0) is 27.2 Å². The number of aryl methyl sites for hydroxylation is 2. The summed E-state index contributed by atoms with van der Waals surface area (Å²) < 4.78 is 29.2. The summed E-state index contributed by atoms with van der Waals surface area (Å²) in [6.45, 7) is 10.4. The van der Waals surface area contributed by atoms with Crippen LogP contribution >= 0.6 is 11.6 Å². The van der Waals surface area contributed by atoms with E-state index in [1.165, 1.54) is 34.8 Å². The Morgan fingerprint density at radius 3 is 2.27 bits per heavy atom. The van der Waals surface area contributed by atoms with Gasteiger partial charge in [0.15, 0.2) is 0 Å². The van der Waals surface area contributed by atoms with Gasteiger partial charge >= 0.3 is 0 Å². The predicted octanol–water partition coefficient (Wildman–Crippen LogP) is 7.88. The van der Waals surface area contributed by atoms with Crippen LogP contribution in [0.3, 0.4) is 0 Å². The highest BCUT2D eigenvalue weighted by Gasteiger charge is 2.47. The van der Waals surface area contributed by atoms with Crippen LogP contribution < -0.4 is 10.5 Å². The summed E-state index contributed by atoms with van der Waals surface area (Å²) in [4.78, 5) is 45.5. The van der Waals surface area contributed by atoms with E-state index in [9.17, 15) is 14.4 Å². The fraction of sp³-hybridized carbons (Fsp3) is 0.532. The molecule has 3 saturated heterocycles. The summed E-state index contributed by atoms with van der Waals surface area (Å²) in [5.74, 6) is -0.659. The lowest BCUT2D eigenvalue weighted by Gasteiger charge is -2.46. The highest BCUT2D eigenvalue weighted by atomic mass is 35.5. The van der Waals surface area contributed by atoms with Crippen LogP contribution in [0.15, 0.2) is 59.4 Å². The van der Waals surface area contributed by atoms with E-state index in [4.69, 9.17) is 26.2 Å². The molecule has 1 saturated carbocycles. The predicted molar refractivity (Wildman–Crippen MR) is 229 cm³/mol. The molecule has 2 amide bonds. The van der Waals surface area contributed by atoms with Crippen LogP contribution in [0.1, 0.15) is 97.5 Å². The maximum absolute atomic E-state index is 15.1. The lowest BCUT2D eigenvalue weighted by Crippen LogP contribution is -2.51. The molecule has 4 fully saturated rings. The Labute approximate surface area is 351 Å². The van der Waals surface area contributed by atoms with Crippen molar-refractivity contribution in [1.29, 1.82) is 0 Å². The lowest BCUT2D eigenvalue weighted by atomic mass is 9.86. The largest absolute Gasteiger partial charge is 0.381 e. The fourth-order valence-corrected chi connectivity index (χ4v) is 9.76.